The summed E-state index contributed by atoms with van der Waals surface area (Å²) in [6.45, 7) is 11.5. The quantitative estimate of drug-likeness (QED) is 0.814. The van der Waals surface area contributed by atoms with Crippen molar-refractivity contribution >= 4 is 24.2 Å². The number of hydrogen-bond donors (Lipinski definition) is 1. The van der Waals surface area contributed by atoms with Crippen molar-refractivity contribution in [2.75, 3.05) is 6.61 Å². The van der Waals surface area contributed by atoms with Crippen molar-refractivity contribution in [3.63, 3.8) is 0 Å². The molecule has 1 saturated carbocycles. The number of nitrogens with zero attached hydrogens (tertiary/aromatic N) is 2. The third-order valence-corrected chi connectivity index (χ3v) is 9.65. The van der Waals surface area contributed by atoms with Gasteiger partial charge in [0.25, 0.3) is 0 Å². The maximum Gasteiger partial charge on any atom is 0.192 e. The average molecular weight is 373 g/mol. The van der Waals surface area contributed by atoms with Crippen LogP contribution in [0.1, 0.15) is 45.4 Å². The fourth-order valence-corrected chi connectivity index (χ4v) is 3.49. The summed E-state index contributed by atoms with van der Waals surface area (Å²) >= 11 is 3.33. The zero-order valence-electron chi connectivity index (χ0n) is 13.5. The summed E-state index contributed by atoms with van der Waals surface area (Å²) in [6, 6.07) is 0. The van der Waals surface area contributed by atoms with Gasteiger partial charge in [0.05, 0.1) is 16.7 Å². The van der Waals surface area contributed by atoms with E-state index in [4.69, 9.17) is 4.43 Å². The molecule has 1 heterocycles. The Morgan fingerprint density at radius 2 is 1.86 bits per heavy atom. The van der Waals surface area contributed by atoms with Gasteiger partial charge in [-0.2, -0.15) is 0 Å². The van der Waals surface area contributed by atoms with Gasteiger partial charge >= 0.3 is 0 Å². The van der Waals surface area contributed by atoms with Gasteiger partial charge in [-0.15, -0.1) is 0 Å². The fraction of sp³-hybridized carbons (Fsp3) is 0.733. The molecule has 4 nitrogen and oxygen atoms in total. The Labute approximate surface area is 136 Å². The van der Waals surface area contributed by atoms with Crippen LogP contribution in [0.25, 0.3) is 0 Å². The Morgan fingerprint density at radius 3 is 2.33 bits per heavy atom. The number of aliphatic hydroxyl groups is 1. The van der Waals surface area contributed by atoms with E-state index in [1.54, 1.807) is 12.4 Å². The molecule has 1 aromatic heterocycles. The van der Waals surface area contributed by atoms with Crippen LogP contribution in [0.2, 0.25) is 18.1 Å². The second-order valence-electron chi connectivity index (χ2n) is 7.64. The van der Waals surface area contributed by atoms with E-state index in [2.05, 4.69) is 59.8 Å². The van der Waals surface area contributed by atoms with Gasteiger partial charge in [-0.1, -0.05) is 20.8 Å². The molecule has 0 aliphatic heterocycles. The Morgan fingerprint density at radius 1 is 1.33 bits per heavy atom. The van der Waals surface area contributed by atoms with Crippen LogP contribution in [-0.2, 0) is 4.43 Å². The van der Waals surface area contributed by atoms with E-state index >= 15 is 0 Å². The van der Waals surface area contributed by atoms with Crippen LogP contribution < -0.4 is 0 Å². The van der Waals surface area contributed by atoms with Crippen molar-refractivity contribution in [3.8, 4) is 0 Å². The molecule has 1 fully saturated rings. The minimum Gasteiger partial charge on any atom is -0.414 e. The topological polar surface area (TPSA) is 55.2 Å². The molecule has 1 aromatic rings. The minimum atomic E-state index is -1.80. The highest BCUT2D eigenvalue weighted by Crippen LogP contribution is 2.45. The third kappa shape index (κ3) is 3.91. The van der Waals surface area contributed by atoms with Crippen LogP contribution in [0, 0.1) is 0 Å². The predicted octanol–water partition coefficient (Wildman–Crippen LogP) is 3.87. The first-order chi connectivity index (χ1) is 9.52. The molecular weight excluding hydrogens is 348 g/mol. The summed E-state index contributed by atoms with van der Waals surface area (Å²) in [5.41, 5.74) is -0.712. The van der Waals surface area contributed by atoms with Crippen LogP contribution in [0.15, 0.2) is 16.9 Å². The fourth-order valence-electron chi connectivity index (χ4n) is 2.22. The van der Waals surface area contributed by atoms with Crippen LogP contribution in [0.3, 0.4) is 0 Å². The van der Waals surface area contributed by atoms with Gasteiger partial charge in [0, 0.05) is 18.3 Å². The molecule has 0 radical (unpaired) electrons. The number of aromatic nitrogens is 2. The number of hydrogen-bond acceptors (Lipinski definition) is 4. The molecule has 1 N–H and O–H groups in total. The van der Waals surface area contributed by atoms with E-state index in [9.17, 15) is 5.11 Å². The second-order valence-corrected chi connectivity index (χ2v) is 13.4. The first-order valence-corrected chi connectivity index (χ1v) is 11.1. The molecule has 1 aliphatic carbocycles. The number of rotatable bonds is 4. The largest absolute Gasteiger partial charge is 0.414 e. The van der Waals surface area contributed by atoms with E-state index in [0.29, 0.717) is 19.4 Å². The van der Waals surface area contributed by atoms with Crippen molar-refractivity contribution in [2.24, 2.45) is 0 Å². The molecule has 0 unspecified atom stereocenters. The third-order valence-electron chi connectivity index (χ3n) is 4.77. The van der Waals surface area contributed by atoms with Crippen molar-refractivity contribution in [3.05, 3.63) is 22.7 Å². The smallest absolute Gasteiger partial charge is 0.192 e. The molecule has 118 valence electrons. The molecule has 21 heavy (non-hydrogen) atoms. The van der Waals surface area contributed by atoms with Crippen LogP contribution >= 0.6 is 15.9 Å². The lowest BCUT2D eigenvalue weighted by atomic mass is 9.71. The molecule has 0 saturated heterocycles. The lowest BCUT2D eigenvalue weighted by Gasteiger charge is -2.46. The van der Waals surface area contributed by atoms with Crippen molar-refractivity contribution < 1.29 is 9.53 Å². The van der Waals surface area contributed by atoms with Crippen molar-refractivity contribution in [1.82, 2.24) is 9.97 Å². The van der Waals surface area contributed by atoms with E-state index < -0.39 is 13.9 Å². The molecule has 1 aliphatic rings. The predicted molar refractivity (Wildman–Crippen MR) is 89.8 cm³/mol. The van der Waals surface area contributed by atoms with E-state index in [1.807, 2.05) is 0 Å². The maximum absolute atomic E-state index is 10.6. The zero-order valence-corrected chi connectivity index (χ0v) is 16.1. The monoisotopic (exact) mass is 372 g/mol. The average Bonchev–Trinajstić information content (AvgIpc) is 2.33. The summed E-state index contributed by atoms with van der Waals surface area (Å²) in [5.74, 6) is 1.06. The Bertz CT molecular complexity index is 493. The summed E-state index contributed by atoms with van der Waals surface area (Å²) in [6.07, 6.45) is 4.88. The standard InChI is InChI=1S/C15H25BrN2O2Si/c1-14(2,3)21(4,5)20-10-15(19)6-11(7-15)13-17-8-12(16)9-18-13/h8-9,11,19H,6-7,10H2,1-5H3. The van der Waals surface area contributed by atoms with Gasteiger partial charge < -0.3 is 9.53 Å². The molecule has 0 atom stereocenters. The molecule has 0 bridgehead atoms. The normalized spacial score (nSPS) is 26.5. The highest BCUT2D eigenvalue weighted by Gasteiger charge is 2.47. The van der Waals surface area contributed by atoms with Crippen LogP contribution in [0.4, 0.5) is 0 Å². The van der Waals surface area contributed by atoms with E-state index in [1.165, 1.54) is 0 Å². The van der Waals surface area contributed by atoms with Crippen LogP contribution in [0.5, 0.6) is 0 Å². The van der Waals surface area contributed by atoms with E-state index in [0.717, 1.165) is 10.3 Å². The molecule has 0 spiro atoms. The van der Waals surface area contributed by atoms with E-state index in [-0.39, 0.29) is 11.0 Å². The van der Waals surface area contributed by atoms with Crippen molar-refractivity contribution in [1.29, 1.82) is 0 Å². The summed E-state index contributed by atoms with van der Waals surface area (Å²) in [7, 11) is -1.80. The van der Waals surface area contributed by atoms with Gasteiger partial charge in [0.2, 0.25) is 0 Å². The summed E-state index contributed by atoms with van der Waals surface area (Å²) in [5, 5.41) is 10.7. The lowest BCUT2D eigenvalue weighted by Crippen LogP contribution is -2.51. The van der Waals surface area contributed by atoms with Gasteiger partial charge in [-0.25, -0.2) is 9.97 Å². The van der Waals surface area contributed by atoms with Gasteiger partial charge in [-0.05, 0) is 46.9 Å². The molecule has 2 rings (SSSR count). The van der Waals surface area contributed by atoms with Gasteiger partial charge in [-0.3, -0.25) is 0 Å². The Balaban J connectivity index is 1.89. The second kappa shape index (κ2) is 5.72. The maximum atomic E-state index is 10.6. The molecule has 6 heteroatoms. The first-order valence-electron chi connectivity index (χ1n) is 7.36. The SMILES string of the molecule is CC(C)(C)[Si](C)(C)OCC1(O)CC(c2ncc(Br)cn2)C1. The number of halogens is 1. The van der Waals surface area contributed by atoms with Crippen LogP contribution in [-0.4, -0.2) is 35.6 Å². The molecule has 0 aromatic carbocycles. The van der Waals surface area contributed by atoms with Gasteiger partial charge in [0.15, 0.2) is 8.32 Å². The zero-order chi connectivity index (χ0) is 15.9. The first kappa shape index (κ1) is 17.1. The summed E-state index contributed by atoms with van der Waals surface area (Å²) in [4.78, 5) is 8.63. The minimum absolute atomic E-state index is 0.168. The molecular formula is C15H25BrN2O2Si. The van der Waals surface area contributed by atoms with Gasteiger partial charge in [0.1, 0.15) is 5.82 Å². The summed E-state index contributed by atoms with van der Waals surface area (Å²) < 4.78 is 7.02. The lowest BCUT2D eigenvalue weighted by molar-refractivity contribution is -0.0843. The van der Waals surface area contributed by atoms with Crippen molar-refractivity contribution in [2.45, 2.75) is 63.3 Å². The molecule has 0 amide bonds. The highest BCUT2D eigenvalue weighted by molar-refractivity contribution is 9.10. The Kier molecular flexibility index (Phi) is 4.65. The highest BCUT2D eigenvalue weighted by atomic mass is 79.9. The Hall–Kier alpha value is -0.303.